The minimum absolute atomic E-state index is 0.116. The molecule has 1 heteroatoms. The fraction of sp³-hybridized carbons (Fsp3) is 0.100. The van der Waals surface area contributed by atoms with Gasteiger partial charge in [0.05, 0.1) is 11.4 Å². The van der Waals surface area contributed by atoms with Crippen molar-refractivity contribution >= 4 is 17.1 Å². The summed E-state index contributed by atoms with van der Waals surface area (Å²) >= 11 is 0. The van der Waals surface area contributed by atoms with Gasteiger partial charge in [-0.15, -0.1) is 0 Å². The molecule has 0 atom stereocenters. The highest BCUT2D eigenvalue weighted by Crippen LogP contribution is 2.55. The molecule has 292 valence electrons. The van der Waals surface area contributed by atoms with Crippen LogP contribution in [0.15, 0.2) is 212 Å². The van der Waals surface area contributed by atoms with Crippen LogP contribution in [0.3, 0.4) is 0 Å². The predicted octanol–water partition coefficient (Wildman–Crippen LogP) is 16.4. The lowest BCUT2D eigenvalue weighted by molar-refractivity contribution is 0.660. The molecule has 0 bridgehead atoms. The molecule has 11 rings (SSSR count). The Morgan fingerprint density at radius 1 is 0.279 bits per heavy atom. The van der Waals surface area contributed by atoms with Crippen molar-refractivity contribution in [3.63, 3.8) is 0 Å². The highest BCUT2D eigenvalue weighted by Gasteiger charge is 2.37. The molecule has 0 aliphatic heterocycles. The number of fused-ring (bicyclic) bond motifs is 6. The summed E-state index contributed by atoms with van der Waals surface area (Å²) < 4.78 is 0. The topological polar surface area (TPSA) is 3.24 Å². The summed E-state index contributed by atoms with van der Waals surface area (Å²) in [5, 5.41) is 0. The standard InChI is InChI=1S/C60H47N/c1-59(2)52-30-16-13-26-47(52)49-36-34-42(38-54(49)59)45-25-15-18-32-56(45)61(43-35-37-50-48-27-14-17-31-53(48)60(3,4)55(50)39-43)57-33-19-29-46(41-22-9-6-10-23-41)58(57)51-28-12-11-24-44(51)40-20-7-5-8-21-40/h5-39H,1-4H3. The molecule has 0 saturated carbocycles. The SMILES string of the molecule is CC1(C)c2ccccc2-c2ccc(-c3ccccc3N(c3ccc4c(c3)C(C)(C)c3ccccc3-4)c3cccc(-c4ccccc4)c3-c3ccccc3-c3ccccc3)cc21. The van der Waals surface area contributed by atoms with Crippen LogP contribution in [0.5, 0.6) is 0 Å². The van der Waals surface area contributed by atoms with Crippen LogP contribution in [0, 0.1) is 0 Å². The zero-order valence-electron chi connectivity index (χ0n) is 35.2. The van der Waals surface area contributed by atoms with Gasteiger partial charge < -0.3 is 4.90 Å². The minimum Gasteiger partial charge on any atom is -0.309 e. The highest BCUT2D eigenvalue weighted by molar-refractivity contribution is 6.03. The smallest absolute Gasteiger partial charge is 0.0546 e. The summed E-state index contributed by atoms with van der Waals surface area (Å²) in [6.07, 6.45) is 0. The van der Waals surface area contributed by atoms with Crippen molar-refractivity contribution in [2.24, 2.45) is 0 Å². The second kappa shape index (κ2) is 14.2. The van der Waals surface area contributed by atoms with Crippen molar-refractivity contribution < 1.29 is 0 Å². The van der Waals surface area contributed by atoms with Crippen LogP contribution in [-0.4, -0.2) is 0 Å². The Morgan fingerprint density at radius 3 is 1.36 bits per heavy atom. The molecule has 0 radical (unpaired) electrons. The van der Waals surface area contributed by atoms with Crippen molar-refractivity contribution in [1.29, 1.82) is 0 Å². The molecule has 61 heavy (non-hydrogen) atoms. The Morgan fingerprint density at radius 2 is 0.721 bits per heavy atom. The maximum atomic E-state index is 2.55. The monoisotopic (exact) mass is 781 g/mol. The van der Waals surface area contributed by atoms with Crippen LogP contribution in [0.4, 0.5) is 17.1 Å². The third-order valence-corrected chi connectivity index (χ3v) is 13.5. The van der Waals surface area contributed by atoms with E-state index in [1.54, 1.807) is 0 Å². The van der Waals surface area contributed by atoms with Crippen LogP contribution in [-0.2, 0) is 10.8 Å². The van der Waals surface area contributed by atoms with Gasteiger partial charge in [0.25, 0.3) is 0 Å². The fourth-order valence-electron chi connectivity index (χ4n) is 10.5. The van der Waals surface area contributed by atoms with Crippen molar-refractivity contribution in [3.05, 3.63) is 235 Å². The fourth-order valence-corrected chi connectivity index (χ4v) is 10.5. The van der Waals surface area contributed by atoms with Gasteiger partial charge in [-0.25, -0.2) is 0 Å². The maximum absolute atomic E-state index is 2.55. The molecule has 0 N–H and O–H groups in total. The van der Waals surface area contributed by atoms with E-state index < -0.39 is 0 Å². The van der Waals surface area contributed by atoms with Crippen LogP contribution < -0.4 is 4.90 Å². The Kier molecular flexibility index (Phi) is 8.58. The quantitative estimate of drug-likeness (QED) is 0.156. The summed E-state index contributed by atoms with van der Waals surface area (Å²) in [5.74, 6) is 0. The van der Waals surface area contributed by atoms with E-state index in [0.29, 0.717) is 0 Å². The van der Waals surface area contributed by atoms with Crippen LogP contribution in [0.1, 0.15) is 49.9 Å². The van der Waals surface area contributed by atoms with E-state index >= 15 is 0 Å². The zero-order chi connectivity index (χ0) is 41.3. The average molecular weight is 782 g/mol. The Labute approximate surface area is 360 Å². The third kappa shape index (κ3) is 5.83. The van der Waals surface area contributed by atoms with E-state index in [9.17, 15) is 0 Å². The first kappa shape index (κ1) is 36.8. The average Bonchev–Trinajstić information content (AvgIpc) is 3.68. The van der Waals surface area contributed by atoms with E-state index in [-0.39, 0.29) is 10.8 Å². The molecule has 1 nitrogen and oxygen atoms in total. The van der Waals surface area contributed by atoms with Gasteiger partial charge in [-0.2, -0.15) is 0 Å². The molecule has 0 unspecified atom stereocenters. The number of rotatable bonds is 7. The number of para-hydroxylation sites is 1. The summed E-state index contributed by atoms with van der Waals surface area (Å²) in [6.45, 7) is 9.49. The van der Waals surface area contributed by atoms with Gasteiger partial charge in [0, 0.05) is 27.6 Å². The van der Waals surface area contributed by atoms with Crippen LogP contribution in [0.25, 0.3) is 66.8 Å². The van der Waals surface area contributed by atoms with E-state index in [0.717, 1.165) is 17.1 Å². The van der Waals surface area contributed by atoms with E-state index in [1.165, 1.54) is 89.0 Å². The van der Waals surface area contributed by atoms with Crippen molar-refractivity contribution in [2.75, 3.05) is 4.90 Å². The first-order chi connectivity index (χ1) is 29.8. The van der Waals surface area contributed by atoms with E-state index in [1.807, 2.05) is 0 Å². The number of anilines is 3. The van der Waals surface area contributed by atoms with Gasteiger partial charge in [0.15, 0.2) is 0 Å². The first-order valence-electron chi connectivity index (χ1n) is 21.5. The number of hydrogen-bond acceptors (Lipinski definition) is 1. The van der Waals surface area contributed by atoms with E-state index in [2.05, 4.69) is 245 Å². The Hall–Kier alpha value is -7.22. The zero-order valence-corrected chi connectivity index (χ0v) is 35.2. The second-order valence-corrected chi connectivity index (χ2v) is 17.7. The lowest BCUT2D eigenvalue weighted by atomic mass is 9.81. The molecule has 0 fully saturated rings. The molecule has 2 aliphatic rings. The predicted molar refractivity (Wildman–Crippen MR) is 258 cm³/mol. The minimum atomic E-state index is -0.164. The van der Waals surface area contributed by atoms with Crippen molar-refractivity contribution in [2.45, 2.75) is 38.5 Å². The maximum Gasteiger partial charge on any atom is 0.0546 e. The second-order valence-electron chi connectivity index (χ2n) is 17.7. The highest BCUT2D eigenvalue weighted by atomic mass is 15.1. The lowest BCUT2D eigenvalue weighted by Crippen LogP contribution is -2.17. The Bertz CT molecular complexity index is 3130. The molecule has 0 heterocycles. The number of benzene rings is 9. The van der Waals surface area contributed by atoms with Gasteiger partial charge in [0.1, 0.15) is 0 Å². The summed E-state index contributed by atoms with van der Waals surface area (Å²) in [5.41, 5.74) is 23.4. The Balaban J connectivity index is 1.20. The van der Waals surface area contributed by atoms with Gasteiger partial charge in [0.2, 0.25) is 0 Å². The first-order valence-corrected chi connectivity index (χ1v) is 21.5. The molecule has 0 spiro atoms. The lowest BCUT2D eigenvalue weighted by Gasteiger charge is -2.32. The van der Waals surface area contributed by atoms with E-state index in [4.69, 9.17) is 0 Å². The van der Waals surface area contributed by atoms with Gasteiger partial charge in [-0.3, -0.25) is 0 Å². The van der Waals surface area contributed by atoms with Crippen LogP contribution in [0.2, 0.25) is 0 Å². The normalized spacial score (nSPS) is 13.8. The summed E-state index contributed by atoms with van der Waals surface area (Å²) in [6, 6.07) is 78.7. The van der Waals surface area contributed by atoms with Gasteiger partial charge in [-0.1, -0.05) is 210 Å². The molecule has 9 aromatic rings. The molecular weight excluding hydrogens is 735 g/mol. The van der Waals surface area contributed by atoms with Gasteiger partial charge in [-0.05, 0) is 108 Å². The molecule has 0 aromatic heterocycles. The van der Waals surface area contributed by atoms with Crippen LogP contribution >= 0.6 is 0 Å². The molecular formula is C60H47N. The summed E-state index contributed by atoms with van der Waals surface area (Å²) in [7, 11) is 0. The molecule has 0 saturated heterocycles. The van der Waals surface area contributed by atoms with Crippen molar-refractivity contribution in [1.82, 2.24) is 0 Å². The molecule has 9 aromatic carbocycles. The number of hydrogen-bond donors (Lipinski definition) is 0. The number of nitrogens with zero attached hydrogens (tertiary/aromatic N) is 1. The largest absolute Gasteiger partial charge is 0.309 e. The van der Waals surface area contributed by atoms with Crippen molar-refractivity contribution in [3.8, 4) is 66.8 Å². The molecule has 2 aliphatic carbocycles. The van der Waals surface area contributed by atoms with Gasteiger partial charge >= 0.3 is 0 Å². The summed E-state index contributed by atoms with van der Waals surface area (Å²) in [4.78, 5) is 2.55. The molecule has 0 amide bonds. The third-order valence-electron chi connectivity index (χ3n) is 13.5.